The van der Waals surface area contributed by atoms with Crippen LogP contribution in [-0.4, -0.2) is 26.7 Å². The Bertz CT molecular complexity index is 697. The van der Waals surface area contributed by atoms with Crippen LogP contribution < -0.4 is 10.9 Å². The summed E-state index contributed by atoms with van der Waals surface area (Å²) in [5.41, 5.74) is 0.401. The molecule has 2 heterocycles. The minimum Gasteiger partial charge on any atom is -0.352 e. The summed E-state index contributed by atoms with van der Waals surface area (Å²) in [6.07, 6.45) is 5.66. The molecule has 1 fully saturated rings. The number of aryl methyl sites for hydroxylation is 1. The predicted octanol–water partition coefficient (Wildman–Crippen LogP) is 0.752. The number of rotatable bonds is 3. The Morgan fingerprint density at radius 1 is 1.50 bits per heavy atom. The first-order valence-corrected chi connectivity index (χ1v) is 6.76. The maximum Gasteiger partial charge on any atom is 0.267 e. The van der Waals surface area contributed by atoms with E-state index >= 15 is 0 Å². The lowest BCUT2D eigenvalue weighted by atomic mass is 10.2. The largest absolute Gasteiger partial charge is 0.352 e. The van der Waals surface area contributed by atoms with E-state index in [4.69, 9.17) is 4.52 Å². The molecule has 106 valence electrons. The molecule has 0 spiro atoms. The summed E-state index contributed by atoms with van der Waals surface area (Å²) in [4.78, 5) is 28.2. The van der Waals surface area contributed by atoms with Gasteiger partial charge in [0.2, 0.25) is 5.91 Å². The summed E-state index contributed by atoms with van der Waals surface area (Å²) in [5, 5.41) is 6.99. The highest BCUT2D eigenvalue weighted by Gasteiger charge is 2.18. The third-order valence-electron chi connectivity index (χ3n) is 3.67. The quantitative estimate of drug-likeness (QED) is 0.893. The average molecular weight is 276 g/mol. The monoisotopic (exact) mass is 276 g/mol. The van der Waals surface area contributed by atoms with Crippen molar-refractivity contribution in [1.29, 1.82) is 0 Å². The van der Waals surface area contributed by atoms with E-state index in [-0.39, 0.29) is 29.8 Å². The molecule has 1 saturated carbocycles. The zero-order valence-corrected chi connectivity index (χ0v) is 11.3. The molecule has 7 heteroatoms. The van der Waals surface area contributed by atoms with Gasteiger partial charge in [-0.1, -0.05) is 18.0 Å². The first-order valence-electron chi connectivity index (χ1n) is 6.76. The van der Waals surface area contributed by atoms with Crippen molar-refractivity contribution in [1.82, 2.24) is 20.0 Å². The van der Waals surface area contributed by atoms with E-state index in [1.807, 2.05) is 0 Å². The second-order valence-corrected chi connectivity index (χ2v) is 5.17. The molecule has 0 atom stereocenters. The molecule has 7 nitrogen and oxygen atoms in total. The predicted molar refractivity (Wildman–Crippen MR) is 71.2 cm³/mol. The van der Waals surface area contributed by atoms with Crippen LogP contribution in [0.5, 0.6) is 0 Å². The number of amides is 1. The number of nitrogens with zero attached hydrogens (tertiary/aromatic N) is 3. The molecule has 1 aliphatic rings. The standard InChI is InChI=1S/C13H16N4O3/c1-8-11-12(20-16-8)14-7-17(13(11)19)6-10(18)15-9-4-2-3-5-9/h7,9H,2-6H2,1H3,(H,15,18). The summed E-state index contributed by atoms with van der Waals surface area (Å²) < 4.78 is 6.21. The molecule has 0 radical (unpaired) electrons. The Morgan fingerprint density at radius 3 is 3.00 bits per heavy atom. The highest BCUT2D eigenvalue weighted by atomic mass is 16.5. The van der Waals surface area contributed by atoms with Crippen molar-refractivity contribution in [3.05, 3.63) is 22.4 Å². The number of aromatic nitrogens is 3. The molecule has 0 saturated heterocycles. The fourth-order valence-electron chi connectivity index (χ4n) is 2.62. The van der Waals surface area contributed by atoms with Gasteiger partial charge in [-0.3, -0.25) is 14.2 Å². The van der Waals surface area contributed by atoms with Crippen LogP contribution in [0.15, 0.2) is 15.6 Å². The average Bonchev–Trinajstić information content (AvgIpc) is 3.03. The van der Waals surface area contributed by atoms with Gasteiger partial charge in [0.1, 0.15) is 18.3 Å². The number of fused-ring (bicyclic) bond motifs is 1. The van der Waals surface area contributed by atoms with Crippen LogP contribution in [0.1, 0.15) is 31.4 Å². The van der Waals surface area contributed by atoms with Crippen molar-refractivity contribution in [3.8, 4) is 0 Å². The first-order chi connectivity index (χ1) is 9.65. The van der Waals surface area contributed by atoms with Crippen LogP contribution in [0.4, 0.5) is 0 Å². The normalized spacial score (nSPS) is 15.8. The van der Waals surface area contributed by atoms with Crippen molar-refractivity contribution in [2.75, 3.05) is 0 Å². The molecule has 0 aromatic carbocycles. The van der Waals surface area contributed by atoms with E-state index in [0.717, 1.165) is 25.7 Å². The zero-order chi connectivity index (χ0) is 14.1. The number of carbonyl (C=O) groups is 1. The van der Waals surface area contributed by atoms with Gasteiger partial charge in [-0.15, -0.1) is 0 Å². The lowest BCUT2D eigenvalue weighted by molar-refractivity contribution is -0.122. The number of hydrogen-bond donors (Lipinski definition) is 1. The fourth-order valence-corrected chi connectivity index (χ4v) is 2.62. The fraction of sp³-hybridized carbons (Fsp3) is 0.538. The highest BCUT2D eigenvalue weighted by Crippen LogP contribution is 2.17. The lowest BCUT2D eigenvalue weighted by Gasteiger charge is -2.12. The van der Waals surface area contributed by atoms with Gasteiger partial charge in [-0.05, 0) is 19.8 Å². The van der Waals surface area contributed by atoms with E-state index < -0.39 is 0 Å². The van der Waals surface area contributed by atoms with Crippen molar-refractivity contribution in [2.24, 2.45) is 0 Å². The molecule has 0 bridgehead atoms. The second kappa shape index (κ2) is 5.07. The minimum atomic E-state index is -0.296. The molecular weight excluding hydrogens is 260 g/mol. The Balaban J connectivity index is 1.80. The van der Waals surface area contributed by atoms with Crippen LogP contribution >= 0.6 is 0 Å². The smallest absolute Gasteiger partial charge is 0.267 e. The van der Waals surface area contributed by atoms with Gasteiger partial charge in [0, 0.05) is 6.04 Å². The molecule has 2 aromatic heterocycles. The van der Waals surface area contributed by atoms with Crippen LogP contribution in [0.3, 0.4) is 0 Å². The van der Waals surface area contributed by atoms with Crippen LogP contribution in [0.2, 0.25) is 0 Å². The topological polar surface area (TPSA) is 90.0 Å². The number of carbonyl (C=O) groups excluding carboxylic acids is 1. The molecule has 1 N–H and O–H groups in total. The van der Waals surface area contributed by atoms with Gasteiger partial charge < -0.3 is 9.84 Å². The molecule has 2 aromatic rings. The second-order valence-electron chi connectivity index (χ2n) is 5.17. The van der Waals surface area contributed by atoms with Gasteiger partial charge in [0.15, 0.2) is 0 Å². The van der Waals surface area contributed by atoms with Crippen LogP contribution in [0.25, 0.3) is 11.1 Å². The summed E-state index contributed by atoms with van der Waals surface area (Å²) in [6.45, 7) is 1.65. The van der Waals surface area contributed by atoms with E-state index in [0.29, 0.717) is 11.1 Å². The number of hydrogen-bond acceptors (Lipinski definition) is 5. The maximum absolute atomic E-state index is 12.2. The maximum atomic E-state index is 12.2. The Morgan fingerprint density at radius 2 is 2.25 bits per heavy atom. The summed E-state index contributed by atoms with van der Waals surface area (Å²) in [6, 6.07) is 0.243. The van der Waals surface area contributed by atoms with E-state index in [9.17, 15) is 9.59 Å². The highest BCUT2D eigenvalue weighted by molar-refractivity contribution is 5.77. The molecular formula is C13H16N4O3. The molecule has 1 amide bonds. The SMILES string of the molecule is Cc1noc2ncn(CC(=O)NC3CCCC3)c(=O)c12. The first kappa shape index (κ1) is 12.8. The van der Waals surface area contributed by atoms with E-state index in [1.165, 1.54) is 10.9 Å². The van der Waals surface area contributed by atoms with Crippen molar-refractivity contribution in [3.63, 3.8) is 0 Å². The van der Waals surface area contributed by atoms with E-state index in [2.05, 4.69) is 15.5 Å². The Labute approximate surface area is 115 Å². The molecule has 0 unspecified atom stereocenters. The third kappa shape index (κ3) is 2.31. The van der Waals surface area contributed by atoms with Gasteiger partial charge in [0.25, 0.3) is 11.3 Å². The lowest BCUT2D eigenvalue weighted by Crippen LogP contribution is -2.37. The van der Waals surface area contributed by atoms with Crippen LogP contribution in [0, 0.1) is 6.92 Å². The third-order valence-corrected chi connectivity index (χ3v) is 3.67. The van der Waals surface area contributed by atoms with Crippen molar-refractivity contribution < 1.29 is 9.32 Å². The minimum absolute atomic E-state index is 0.0249. The van der Waals surface area contributed by atoms with E-state index in [1.54, 1.807) is 6.92 Å². The van der Waals surface area contributed by atoms with Crippen molar-refractivity contribution >= 4 is 17.0 Å². The Kier molecular flexibility index (Phi) is 3.25. The van der Waals surface area contributed by atoms with Gasteiger partial charge in [0.05, 0.1) is 5.69 Å². The molecule has 1 aliphatic carbocycles. The van der Waals surface area contributed by atoms with Gasteiger partial charge in [-0.25, -0.2) is 4.98 Å². The number of nitrogens with one attached hydrogen (secondary N) is 1. The molecule has 3 rings (SSSR count). The molecule has 0 aliphatic heterocycles. The van der Waals surface area contributed by atoms with Gasteiger partial charge in [-0.2, -0.15) is 0 Å². The van der Waals surface area contributed by atoms with Crippen LogP contribution in [-0.2, 0) is 11.3 Å². The zero-order valence-electron chi connectivity index (χ0n) is 11.3. The Hall–Kier alpha value is -2.18. The van der Waals surface area contributed by atoms with Gasteiger partial charge >= 0.3 is 0 Å². The van der Waals surface area contributed by atoms with Crippen molar-refractivity contribution in [2.45, 2.75) is 45.2 Å². The summed E-state index contributed by atoms with van der Waals surface area (Å²) in [7, 11) is 0. The summed E-state index contributed by atoms with van der Waals surface area (Å²) >= 11 is 0. The summed E-state index contributed by atoms with van der Waals surface area (Å²) in [5.74, 6) is -0.158. The molecule has 20 heavy (non-hydrogen) atoms.